The van der Waals surface area contributed by atoms with Crippen molar-refractivity contribution < 1.29 is 33.3 Å². The fourth-order valence-electron chi connectivity index (χ4n) is 3.24. The summed E-state index contributed by atoms with van der Waals surface area (Å²) in [5, 5.41) is 0. The van der Waals surface area contributed by atoms with E-state index in [2.05, 4.69) is 4.74 Å². The minimum Gasteiger partial charge on any atom is -0.493 e. The zero-order valence-corrected chi connectivity index (χ0v) is 17.9. The molecule has 0 amide bonds. The molecular formula is C24H28O7. The third kappa shape index (κ3) is 6.72. The second-order valence-corrected chi connectivity index (χ2v) is 7.21. The Hall–Kier alpha value is -3.06. The summed E-state index contributed by atoms with van der Waals surface area (Å²) in [6.45, 7) is 0.578. The molecule has 0 radical (unpaired) electrons. The predicted molar refractivity (Wildman–Crippen MR) is 114 cm³/mol. The third-order valence-electron chi connectivity index (χ3n) is 5.01. The first-order valence-corrected chi connectivity index (χ1v) is 10.4. The van der Waals surface area contributed by atoms with E-state index in [0.717, 1.165) is 24.8 Å². The van der Waals surface area contributed by atoms with Crippen LogP contribution in [0.4, 0.5) is 0 Å². The zero-order valence-electron chi connectivity index (χ0n) is 17.9. The van der Waals surface area contributed by atoms with Gasteiger partial charge in [0.15, 0.2) is 30.2 Å². The lowest BCUT2D eigenvalue weighted by molar-refractivity contribution is -0.140. The summed E-state index contributed by atoms with van der Waals surface area (Å²) in [6.07, 6.45) is 3.57. The van der Waals surface area contributed by atoms with Crippen LogP contribution in [0.15, 0.2) is 42.5 Å². The van der Waals surface area contributed by atoms with Gasteiger partial charge in [-0.3, -0.25) is 9.59 Å². The predicted octanol–water partition coefficient (Wildman–Crippen LogP) is 3.97. The topological polar surface area (TPSA) is 80.3 Å². The number of carbonyl (C=O) groups excluding carboxylic acids is 2. The van der Waals surface area contributed by atoms with Gasteiger partial charge in [0.05, 0.1) is 20.8 Å². The molecule has 1 saturated heterocycles. The maximum atomic E-state index is 12.6. The minimum atomic E-state index is -0.282. The molecule has 2 aromatic rings. The molecule has 0 bridgehead atoms. The van der Waals surface area contributed by atoms with Crippen LogP contribution in [0.25, 0.3) is 0 Å². The molecule has 0 aromatic heterocycles. The average Bonchev–Trinajstić information content (AvgIpc) is 2.82. The van der Waals surface area contributed by atoms with Crippen molar-refractivity contribution in [1.82, 2.24) is 0 Å². The number of ether oxygens (including phenoxy) is 5. The van der Waals surface area contributed by atoms with E-state index in [1.54, 1.807) is 36.4 Å². The van der Waals surface area contributed by atoms with Crippen molar-refractivity contribution in [3.8, 4) is 17.2 Å². The van der Waals surface area contributed by atoms with Crippen LogP contribution in [0.3, 0.4) is 0 Å². The third-order valence-corrected chi connectivity index (χ3v) is 5.01. The molecule has 2 aromatic carbocycles. The van der Waals surface area contributed by atoms with Gasteiger partial charge in [0, 0.05) is 18.4 Å². The van der Waals surface area contributed by atoms with Crippen molar-refractivity contribution in [2.45, 2.75) is 38.4 Å². The SMILES string of the molecule is COC(=O)CCc1ccc(OC)c(OCC(=O)c2ccc(OC3CCCCO3)cc2)c1. The molecule has 0 saturated carbocycles. The standard InChI is InChI=1S/C24H28O7/c1-27-21-12-6-17(7-13-23(26)28-2)15-22(21)30-16-20(25)18-8-10-19(11-9-18)31-24-5-3-4-14-29-24/h6,8-12,15,24H,3-5,7,13-14,16H2,1-2H3. The van der Waals surface area contributed by atoms with Gasteiger partial charge >= 0.3 is 5.97 Å². The lowest BCUT2D eigenvalue weighted by atomic mass is 10.1. The van der Waals surface area contributed by atoms with Crippen molar-refractivity contribution in [2.24, 2.45) is 0 Å². The summed E-state index contributed by atoms with van der Waals surface area (Å²) in [5.74, 6) is 1.20. The highest BCUT2D eigenvalue weighted by atomic mass is 16.7. The van der Waals surface area contributed by atoms with Crippen molar-refractivity contribution >= 4 is 11.8 Å². The molecule has 1 fully saturated rings. The Labute approximate surface area is 182 Å². The summed E-state index contributed by atoms with van der Waals surface area (Å²) in [7, 11) is 2.89. The highest BCUT2D eigenvalue weighted by Gasteiger charge is 2.16. The molecule has 0 N–H and O–H groups in total. The van der Waals surface area contributed by atoms with Crippen LogP contribution >= 0.6 is 0 Å². The second-order valence-electron chi connectivity index (χ2n) is 7.21. The minimum absolute atomic E-state index is 0.136. The van der Waals surface area contributed by atoms with Crippen molar-refractivity contribution in [3.05, 3.63) is 53.6 Å². The van der Waals surface area contributed by atoms with Gasteiger partial charge < -0.3 is 23.7 Å². The fraction of sp³-hybridized carbons (Fsp3) is 0.417. The van der Waals surface area contributed by atoms with Gasteiger partial charge in [0.1, 0.15) is 5.75 Å². The molecule has 1 atom stereocenters. The van der Waals surface area contributed by atoms with Gasteiger partial charge in [-0.05, 0) is 61.2 Å². The van der Waals surface area contributed by atoms with Gasteiger partial charge in [-0.15, -0.1) is 0 Å². The number of methoxy groups -OCH3 is 2. The zero-order chi connectivity index (χ0) is 22.1. The van der Waals surface area contributed by atoms with E-state index in [9.17, 15) is 9.59 Å². The Morgan fingerprint density at radius 3 is 2.52 bits per heavy atom. The number of benzene rings is 2. The van der Waals surface area contributed by atoms with Crippen LogP contribution < -0.4 is 14.2 Å². The lowest BCUT2D eigenvalue weighted by Crippen LogP contribution is -2.25. The number of hydrogen-bond acceptors (Lipinski definition) is 7. The van der Waals surface area contributed by atoms with E-state index in [4.69, 9.17) is 18.9 Å². The van der Waals surface area contributed by atoms with Crippen LogP contribution in [0.1, 0.15) is 41.6 Å². The number of Topliss-reactive ketones (excluding diaryl/α,β-unsaturated/α-hetero) is 1. The maximum Gasteiger partial charge on any atom is 0.305 e. The average molecular weight is 428 g/mol. The smallest absolute Gasteiger partial charge is 0.305 e. The molecular weight excluding hydrogens is 400 g/mol. The van der Waals surface area contributed by atoms with Crippen LogP contribution in [0, 0.1) is 0 Å². The molecule has 166 valence electrons. The van der Waals surface area contributed by atoms with Crippen molar-refractivity contribution in [2.75, 3.05) is 27.4 Å². The van der Waals surface area contributed by atoms with E-state index in [1.807, 2.05) is 6.07 Å². The summed E-state index contributed by atoms with van der Waals surface area (Å²) < 4.78 is 27.1. The Morgan fingerprint density at radius 1 is 1.03 bits per heavy atom. The van der Waals surface area contributed by atoms with Crippen LogP contribution in [-0.2, 0) is 20.7 Å². The molecule has 0 aliphatic carbocycles. The van der Waals surface area contributed by atoms with E-state index >= 15 is 0 Å². The normalized spacial score (nSPS) is 15.7. The van der Waals surface area contributed by atoms with Crippen molar-refractivity contribution in [3.63, 3.8) is 0 Å². The van der Waals surface area contributed by atoms with E-state index in [0.29, 0.717) is 35.8 Å². The molecule has 1 aliphatic heterocycles. The van der Waals surface area contributed by atoms with E-state index in [1.165, 1.54) is 14.2 Å². The Bertz CT molecular complexity index is 870. The highest BCUT2D eigenvalue weighted by molar-refractivity contribution is 5.97. The second kappa shape index (κ2) is 11.4. The van der Waals surface area contributed by atoms with Crippen LogP contribution in [0.2, 0.25) is 0 Å². The molecule has 1 aliphatic rings. The van der Waals surface area contributed by atoms with Gasteiger partial charge in [-0.25, -0.2) is 0 Å². The molecule has 7 nitrogen and oxygen atoms in total. The Balaban J connectivity index is 1.57. The van der Waals surface area contributed by atoms with E-state index in [-0.39, 0.29) is 31.1 Å². The van der Waals surface area contributed by atoms with Gasteiger partial charge in [-0.2, -0.15) is 0 Å². The Morgan fingerprint density at radius 2 is 1.84 bits per heavy atom. The maximum absolute atomic E-state index is 12.6. The first kappa shape index (κ1) is 22.6. The summed E-state index contributed by atoms with van der Waals surface area (Å²) in [5.41, 5.74) is 1.41. The Kier molecular flexibility index (Phi) is 8.29. The summed E-state index contributed by atoms with van der Waals surface area (Å²) >= 11 is 0. The number of aryl methyl sites for hydroxylation is 1. The van der Waals surface area contributed by atoms with Crippen molar-refractivity contribution in [1.29, 1.82) is 0 Å². The molecule has 1 heterocycles. The van der Waals surface area contributed by atoms with E-state index < -0.39 is 0 Å². The summed E-state index contributed by atoms with van der Waals surface area (Å²) in [4.78, 5) is 23.9. The number of hydrogen-bond donors (Lipinski definition) is 0. The molecule has 0 spiro atoms. The first-order chi connectivity index (χ1) is 15.1. The first-order valence-electron chi connectivity index (χ1n) is 10.4. The van der Waals surface area contributed by atoms with Crippen LogP contribution in [0.5, 0.6) is 17.2 Å². The van der Waals surface area contributed by atoms with Crippen LogP contribution in [-0.4, -0.2) is 45.5 Å². The largest absolute Gasteiger partial charge is 0.493 e. The fourth-order valence-corrected chi connectivity index (χ4v) is 3.24. The number of rotatable bonds is 10. The number of esters is 1. The van der Waals surface area contributed by atoms with Gasteiger partial charge in [0.25, 0.3) is 0 Å². The lowest BCUT2D eigenvalue weighted by Gasteiger charge is -2.23. The molecule has 31 heavy (non-hydrogen) atoms. The quantitative estimate of drug-likeness (QED) is 0.418. The number of ketones is 1. The van der Waals surface area contributed by atoms with Gasteiger partial charge in [-0.1, -0.05) is 6.07 Å². The monoisotopic (exact) mass is 428 g/mol. The summed E-state index contributed by atoms with van der Waals surface area (Å²) in [6, 6.07) is 12.3. The molecule has 7 heteroatoms. The molecule has 1 unspecified atom stereocenters. The highest BCUT2D eigenvalue weighted by Crippen LogP contribution is 2.29. The van der Waals surface area contributed by atoms with Gasteiger partial charge in [0.2, 0.25) is 0 Å². The number of carbonyl (C=O) groups is 2. The molecule has 3 rings (SSSR count).